The number of nitrogens with one attached hydrogen (secondary N) is 2. The summed E-state index contributed by atoms with van der Waals surface area (Å²) in [5, 5.41) is 10.3. The lowest BCUT2D eigenvalue weighted by Gasteiger charge is -2.27. The number of nitrogens with zero attached hydrogens (tertiary/aromatic N) is 2. The van der Waals surface area contributed by atoms with E-state index in [0.717, 1.165) is 5.69 Å². The molecule has 0 spiro atoms. The van der Waals surface area contributed by atoms with Crippen molar-refractivity contribution in [3.05, 3.63) is 11.9 Å². The van der Waals surface area contributed by atoms with Crippen molar-refractivity contribution in [3.63, 3.8) is 0 Å². The lowest BCUT2D eigenvalue weighted by Crippen LogP contribution is -2.37. The summed E-state index contributed by atoms with van der Waals surface area (Å²) in [4.78, 5) is 0. The summed E-state index contributed by atoms with van der Waals surface area (Å²) in [6.07, 6.45) is 1.68. The molecule has 12 heavy (non-hydrogen) atoms. The molecule has 4 N–H and O–H groups in total. The molecule has 0 amide bonds. The lowest BCUT2D eigenvalue weighted by atomic mass is 9.85. The molecular weight excluding hydrogens is 154 g/mol. The molecule has 0 radical (unpaired) electrons. The van der Waals surface area contributed by atoms with Crippen molar-refractivity contribution in [1.29, 1.82) is 0 Å². The molecule has 1 unspecified atom stereocenters. The average molecular weight is 169 g/mol. The number of H-pyrrole nitrogens is 1. The van der Waals surface area contributed by atoms with Crippen molar-refractivity contribution in [2.45, 2.75) is 26.8 Å². The second kappa shape index (κ2) is 3.20. The van der Waals surface area contributed by atoms with E-state index in [1.165, 1.54) is 0 Å². The number of aromatic nitrogens is 3. The first-order valence-corrected chi connectivity index (χ1v) is 3.87. The quantitative estimate of drug-likeness (QED) is 0.441. The van der Waals surface area contributed by atoms with Crippen LogP contribution in [0.15, 0.2) is 6.20 Å². The number of aromatic amines is 1. The van der Waals surface area contributed by atoms with Gasteiger partial charge in [0.25, 0.3) is 0 Å². The van der Waals surface area contributed by atoms with E-state index in [0.29, 0.717) is 0 Å². The predicted molar refractivity (Wildman–Crippen MR) is 45.9 cm³/mol. The van der Waals surface area contributed by atoms with Crippen LogP contribution in [0.1, 0.15) is 32.5 Å². The Hall–Kier alpha value is -0.940. The molecule has 1 rings (SSSR count). The van der Waals surface area contributed by atoms with Crippen LogP contribution in [0.5, 0.6) is 0 Å². The normalized spacial score (nSPS) is 14.7. The number of rotatable bonds is 2. The third-order valence-electron chi connectivity index (χ3n) is 1.76. The Morgan fingerprint density at radius 2 is 2.25 bits per heavy atom. The molecule has 5 heteroatoms. The van der Waals surface area contributed by atoms with Gasteiger partial charge in [-0.1, -0.05) is 20.8 Å². The largest absolute Gasteiger partial charge is 0.271 e. The summed E-state index contributed by atoms with van der Waals surface area (Å²) in [7, 11) is 0. The molecule has 0 bridgehead atoms. The minimum atomic E-state index is 0.0243. The highest BCUT2D eigenvalue weighted by molar-refractivity contribution is 5.03. The second-order valence-electron chi connectivity index (χ2n) is 3.86. The Bertz CT molecular complexity index is 222. The van der Waals surface area contributed by atoms with Crippen LogP contribution in [-0.2, 0) is 0 Å². The maximum Gasteiger partial charge on any atom is 0.101 e. The molecule has 0 saturated heterocycles. The summed E-state index contributed by atoms with van der Waals surface area (Å²) in [5.41, 5.74) is 3.59. The number of hydrogen-bond donors (Lipinski definition) is 3. The van der Waals surface area contributed by atoms with Crippen molar-refractivity contribution in [1.82, 2.24) is 20.8 Å². The Morgan fingerprint density at radius 3 is 2.58 bits per heavy atom. The summed E-state index contributed by atoms with van der Waals surface area (Å²) in [6, 6.07) is 0.0243. The van der Waals surface area contributed by atoms with Crippen molar-refractivity contribution < 1.29 is 0 Å². The minimum absolute atomic E-state index is 0.0243. The highest BCUT2D eigenvalue weighted by atomic mass is 15.3. The van der Waals surface area contributed by atoms with Gasteiger partial charge in [0, 0.05) is 0 Å². The zero-order chi connectivity index (χ0) is 9.19. The summed E-state index contributed by atoms with van der Waals surface area (Å²) < 4.78 is 0. The van der Waals surface area contributed by atoms with E-state index in [4.69, 9.17) is 5.84 Å². The van der Waals surface area contributed by atoms with E-state index in [2.05, 4.69) is 41.6 Å². The van der Waals surface area contributed by atoms with Crippen LogP contribution in [0.2, 0.25) is 0 Å². The van der Waals surface area contributed by atoms with Crippen molar-refractivity contribution in [3.8, 4) is 0 Å². The van der Waals surface area contributed by atoms with E-state index in [1.807, 2.05) is 0 Å². The number of hydrogen-bond acceptors (Lipinski definition) is 4. The SMILES string of the molecule is CC(C)(C)C(NN)c1cn[nH]n1. The van der Waals surface area contributed by atoms with Gasteiger partial charge < -0.3 is 0 Å². The fourth-order valence-electron chi connectivity index (χ4n) is 1.13. The molecule has 68 valence electrons. The van der Waals surface area contributed by atoms with Crippen LogP contribution >= 0.6 is 0 Å². The summed E-state index contributed by atoms with van der Waals surface area (Å²) >= 11 is 0. The molecule has 1 atom stereocenters. The first-order valence-electron chi connectivity index (χ1n) is 3.87. The van der Waals surface area contributed by atoms with E-state index in [-0.39, 0.29) is 11.5 Å². The third-order valence-corrected chi connectivity index (χ3v) is 1.76. The molecule has 1 heterocycles. The van der Waals surface area contributed by atoms with Crippen LogP contribution in [0.3, 0.4) is 0 Å². The number of nitrogens with two attached hydrogens (primary N) is 1. The van der Waals surface area contributed by atoms with Gasteiger partial charge in [-0.3, -0.25) is 11.3 Å². The molecule has 0 aliphatic rings. The zero-order valence-corrected chi connectivity index (χ0v) is 7.63. The first-order chi connectivity index (χ1) is 5.55. The topological polar surface area (TPSA) is 79.6 Å². The Balaban J connectivity index is 2.84. The Morgan fingerprint density at radius 1 is 1.58 bits per heavy atom. The van der Waals surface area contributed by atoms with E-state index < -0.39 is 0 Å². The van der Waals surface area contributed by atoms with Gasteiger partial charge in [0.1, 0.15) is 5.69 Å². The van der Waals surface area contributed by atoms with E-state index in [1.54, 1.807) is 6.20 Å². The monoisotopic (exact) mass is 169 g/mol. The Kier molecular flexibility index (Phi) is 2.44. The lowest BCUT2D eigenvalue weighted by molar-refractivity contribution is 0.270. The van der Waals surface area contributed by atoms with E-state index in [9.17, 15) is 0 Å². The van der Waals surface area contributed by atoms with Crippen LogP contribution < -0.4 is 11.3 Å². The van der Waals surface area contributed by atoms with Gasteiger partial charge in [0.2, 0.25) is 0 Å². The van der Waals surface area contributed by atoms with Gasteiger partial charge >= 0.3 is 0 Å². The molecular formula is C7H15N5. The summed E-state index contributed by atoms with van der Waals surface area (Å²) in [6.45, 7) is 6.27. The Labute approximate surface area is 71.7 Å². The van der Waals surface area contributed by atoms with Crippen molar-refractivity contribution in [2.75, 3.05) is 0 Å². The van der Waals surface area contributed by atoms with Crippen LogP contribution in [0.25, 0.3) is 0 Å². The van der Waals surface area contributed by atoms with Crippen LogP contribution in [0.4, 0.5) is 0 Å². The molecule has 0 aromatic carbocycles. The van der Waals surface area contributed by atoms with Gasteiger partial charge in [-0.05, 0) is 5.41 Å². The second-order valence-corrected chi connectivity index (χ2v) is 3.86. The smallest absolute Gasteiger partial charge is 0.101 e. The van der Waals surface area contributed by atoms with Gasteiger partial charge in [0.05, 0.1) is 12.2 Å². The molecule has 0 aliphatic carbocycles. The molecule has 0 fully saturated rings. The highest BCUT2D eigenvalue weighted by Gasteiger charge is 2.26. The van der Waals surface area contributed by atoms with Gasteiger partial charge in [0.15, 0.2) is 0 Å². The van der Waals surface area contributed by atoms with Crippen molar-refractivity contribution in [2.24, 2.45) is 11.3 Å². The molecule has 1 aromatic rings. The van der Waals surface area contributed by atoms with Gasteiger partial charge in [-0.15, -0.1) is 0 Å². The minimum Gasteiger partial charge on any atom is -0.271 e. The fourth-order valence-corrected chi connectivity index (χ4v) is 1.13. The maximum atomic E-state index is 5.42. The highest BCUT2D eigenvalue weighted by Crippen LogP contribution is 2.29. The van der Waals surface area contributed by atoms with Gasteiger partial charge in [-0.2, -0.15) is 15.4 Å². The summed E-state index contributed by atoms with van der Waals surface area (Å²) in [5.74, 6) is 5.42. The third kappa shape index (κ3) is 1.80. The standard InChI is InChI=1S/C7H15N5/c1-7(2,3)6(10-8)5-4-9-12-11-5/h4,6,10H,8H2,1-3H3,(H,9,11,12). The van der Waals surface area contributed by atoms with Crippen LogP contribution in [-0.4, -0.2) is 15.4 Å². The molecule has 1 aromatic heterocycles. The first kappa shape index (κ1) is 9.15. The predicted octanol–water partition coefficient (Wildman–Crippen LogP) is 0.355. The maximum absolute atomic E-state index is 5.42. The van der Waals surface area contributed by atoms with Crippen molar-refractivity contribution >= 4 is 0 Å². The fraction of sp³-hybridized carbons (Fsp3) is 0.714. The average Bonchev–Trinajstić information content (AvgIpc) is 2.38. The van der Waals surface area contributed by atoms with E-state index >= 15 is 0 Å². The zero-order valence-electron chi connectivity index (χ0n) is 7.63. The molecule has 0 aliphatic heterocycles. The van der Waals surface area contributed by atoms with Gasteiger partial charge in [-0.25, -0.2) is 0 Å². The number of hydrazine groups is 1. The molecule has 0 saturated carbocycles. The molecule has 5 nitrogen and oxygen atoms in total. The van der Waals surface area contributed by atoms with Crippen LogP contribution in [0, 0.1) is 5.41 Å².